The molecule has 0 saturated carbocycles. The molecular weight excluding hydrogens is 426 g/mol. The molecule has 1 N–H and O–H groups in total. The quantitative estimate of drug-likeness (QED) is 0.349. The number of hydrogen-bond acceptors (Lipinski definition) is 10. The number of aromatic nitrogens is 2. The van der Waals surface area contributed by atoms with Gasteiger partial charge in [0.05, 0.1) is 22.8 Å². The molecule has 0 saturated heterocycles. The Balaban J connectivity index is 2.10. The van der Waals surface area contributed by atoms with Crippen LogP contribution in [0.1, 0.15) is 46.4 Å². The van der Waals surface area contributed by atoms with Crippen LogP contribution in [0.15, 0.2) is 8.68 Å². The molecule has 0 bridgehead atoms. The van der Waals surface area contributed by atoms with Crippen molar-refractivity contribution in [2.24, 2.45) is 0 Å². The van der Waals surface area contributed by atoms with Crippen molar-refractivity contribution in [2.75, 3.05) is 23.4 Å². The van der Waals surface area contributed by atoms with E-state index in [-0.39, 0.29) is 29.6 Å². The number of rotatable bonds is 9. The van der Waals surface area contributed by atoms with Crippen molar-refractivity contribution < 1.29 is 19.1 Å². The summed E-state index contributed by atoms with van der Waals surface area (Å²) in [7, 11) is 0. The molecule has 2 aromatic heterocycles. The van der Waals surface area contributed by atoms with E-state index >= 15 is 0 Å². The van der Waals surface area contributed by atoms with E-state index in [1.807, 2.05) is 6.92 Å². The number of Topliss-reactive ketones (excluding diaryl/α,β-unsaturated/α-hetero) is 1. The second-order valence-corrected chi connectivity index (χ2v) is 9.87. The number of nitrogens with zero attached hydrogens (tertiary/aromatic N) is 2. The molecule has 7 nitrogen and oxygen atoms in total. The van der Waals surface area contributed by atoms with Crippen LogP contribution in [0.2, 0.25) is 0 Å². The molecule has 2 aromatic rings. The fraction of sp³-hybridized carbons (Fsp3) is 0.438. The van der Waals surface area contributed by atoms with Crippen molar-refractivity contribution in [3.8, 4) is 0 Å². The second kappa shape index (κ2) is 10.2. The van der Waals surface area contributed by atoms with Crippen molar-refractivity contribution >= 4 is 68.9 Å². The molecule has 2 rings (SSSR count). The molecule has 2 heterocycles. The average Bonchev–Trinajstić information content (AvgIpc) is 3.18. The lowest BCUT2D eigenvalue weighted by atomic mass is 10.1. The lowest BCUT2D eigenvalue weighted by Gasteiger charge is -2.06. The topological polar surface area (TPSA) is 98.2 Å². The van der Waals surface area contributed by atoms with Gasteiger partial charge in [-0.2, -0.15) is 0 Å². The molecule has 0 fully saturated rings. The van der Waals surface area contributed by atoms with Gasteiger partial charge in [-0.15, -0.1) is 21.5 Å². The minimum Gasteiger partial charge on any atom is -0.462 e. The third kappa shape index (κ3) is 5.77. The average molecular weight is 446 g/mol. The fourth-order valence-electron chi connectivity index (χ4n) is 2.11. The maximum absolute atomic E-state index is 12.3. The molecule has 0 aliphatic carbocycles. The van der Waals surface area contributed by atoms with Crippen molar-refractivity contribution in [3.63, 3.8) is 0 Å². The van der Waals surface area contributed by atoms with Crippen LogP contribution in [-0.2, 0) is 9.53 Å². The van der Waals surface area contributed by atoms with Gasteiger partial charge in [-0.3, -0.25) is 9.59 Å². The number of nitrogens with one attached hydrogen (secondary N) is 1. The first kappa shape index (κ1) is 21.9. The number of carbonyl (C=O) groups is 3. The number of esters is 1. The van der Waals surface area contributed by atoms with E-state index in [2.05, 4.69) is 15.5 Å². The summed E-state index contributed by atoms with van der Waals surface area (Å²) in [5.74, 6) is 0.0359. The molecule has 0 spiro atoms. The van der Waals surface area contributed by atoms with E-state index < -0.39 is 5.97 Å². The Kier molecular flexibility index (Phi) is 8.27. The highest BCUT2D eigenvalue weighted by atomic mass is 32.2. The summed E-state index contributed by atoms with van der Waals surface area (Å²) < 4.78 is 6.63. The normalized spacial score (nSPS) is 10.7. The molecule has 0 atom stereocenters. The Hall–Kier alpha value is -1.43. The van der Waals surface area contributed by atoms with Crippen LogP contribution in [0.25, 0.3) is 0 Å². The van der Waals surface area contributed by atoms with Gasteiger partial charge < -0.3 is 10.1 Å². The molecule has 0 aromatic carbocycles. The molecule has 27 heavy (non-hydrogen) atoms. The van der Waals surface area contributed by atoms with Gasteiger partial charge in [0.25, 0.3) is 0 Å². The van der Waals surface area contributed by atoms with Gasteiger partial charge >= 0.3 is 5.97 Å². The first-order valence-electron chi connectivity index (χ1n) is 8.07. The Bertz CT molecular complexity index is 847. The smallest absolute Gasteiger partial charge is 0.341 e. The van der Waals surface area contributed by atoms with E-state index in [9.17, 15) is 14.4 Å². The van der Waals surface area contributed by atoms with Gasteiger partial charge in [-0.1, -0.05) is 41.8 Å². The number of anilines is 1. The van der Waals surface area contributed by atoms with E-state index in [1.165, 1.54) is 30.0 Å². The number of amides is 1. The highest BCUT2D eigenvalue weighted by Crippen LogP contribution is 2.34. The zero-order valence-electron chi connectivity index (χ0n) is 15.3. The van der Waals surface area contributed by atoms with Crippen LogP contribution in [0.5, 0.6) is 0 Å². The molecule has 11 heteroatoms. The summed E-state index contributed by atoms with van der Waals surface area (Å²) in [4.78, 5) is 36.8. The van der Waals surface area contributed by atoms with Gasteiger partial charge in [-0.25, -0.2) is 4.79 Å². The van der Waals surface area contributed by atoms with Crippen LogP contribution in [0, 0.1) is 6.92 Å². The third-order valence-electron chi connectivity index (χ3n) is 3.18. The highest BCUT2D eigenvalue weighted by molar-refractivity contribution is 8.03. The number of ether oxygens (including phenoxy) is 1. The largest absolute Gasteiger partial charge is 0.462 e. The third-order valence-corrected chi connectivity index (χ3v) is 7.56. The van der Waals surface area contributed by atoms with Crippen LogP contribution in [-0.4, -0.2) is 46.0 Å². The summed E-state index contributed by atoms with van der Waals surface area (Å²) in [5, 5.41) is 11.1. The zero-order chi connectivity index (χ0) is 20.0. The molecule has 0 unspecified atom stereocenters. The van der Waals surface area contributed by atoms with E-state index in [4.69, 9.17) is 4.74 Å². The summed E-state index contributed by atoms with van der Waals surface area (Å²) in [6, 6.07) is 0. The summed E-state index contributed by atoms with van der Waals surface area (Å²) in [6.45, 7) is 7.05. The first-order valence-corrected chi connectivity index (χ1v) is 11.7. The lowest BCUT2D eigenvalue weighted by Crippen LogP contribution is -2.16. The van der Waals surface area contributed by atoms with E-state index in [1.54, 1.807) is 25.6 Å². The Morgan fingerprint density at radius 1 is 1.11 bits per heavy atom. The van der Waals surface area contributed by atoms with Gasteiger partial charge in [-0.05, 0) is 32.1 Å². The van der Waals surface area contributed by atoms with Crippen molar-refractivity contribution in [2.45, 2.75) is 36.4 Å². The fourth-order valence-corrected chi connectivity index (χ4v) is 5.94. The highest BCUT2D eigenvalue weighted by Gasteiger charge is 2.25. The van der Waals surface area contributed by atoms with E-state index in [0.29, 0.717) is 19.8 Å². The maximum atomic E-state index is 12.3. The zero-order valence-corrected chi connectivity index (χ0v) is 18.5. The molecule has 146 valence electrons. The first-order chi connectivity index (χ1) is 12.9. The molecule has 0 aliphatic heterocycles. The maximum Gasteiger partial charge on any atom is 0.341 e. The minimum absolute atomic E-state index is 0.125. The predicted octanol–water partition coefficient (Wildman–Crippen LogP) is 4.13. The SMILES string of the molecule is CCOC(=O)c1c(NC(=O)CSc2nnc(SCC)s2)sc(C(C)=O)c1C. The number of thiophene rings is 1. The van der Waals surface area contributed by atoms with Crippen LogP contribution in [0.3, 0.4) is 0 Å². The van der Waals surface area contributed by atoms with E-state index in [0.717, 1.165) is 21.4 Å². The molecular formula is C16H19N3O4S4. The lowest BCUT2D eigenvalue weighted by molar-refractivity contribution is -0.113. The number of hydrogen-bond donors (Lipinski definition) is 1. The van der Waals surface area contributed by atoms with Gasteiger partial charge in [0.1, 0.15) is 5.00 Å². The number of thioether (sulfide) groups is 2. The Morgan fingerprint density at radius 2 is 1.78 bits per heavy atom. The Labute approximate surface area is 173 Å². The molecule has 1 amide bonds. The predicted molar refractivity (Wildman–Crippen MR) is 111 cm³/mol. The Morgan fingerprint density at radius 3 is 2.37 bits per heavy atom. The van der Waals surface area contributed by atoms with Gasteiger partial charge in [0, 0.05) is 0 Å². The number of ketones is 1. The molecule has 0 radical (unpaired) electrons. The van der Waals surface area contributed by atoms with Crippen LogP contribution >= 0.6 is 46.2 Å². The van der Waals surface area contributed by atoms with Crippen molar-refractivity contribution in [3.05, 3.63) is 16.0 Å². The monoisotopic (exact) mass is 445 g/mol. The second-order valence-electron chi connectivity index (χ2n) is 5.14. The summed E-state index contributed by atoms with van der Waals surface area (Å²) in [6.07, 6.45) is 0. The van der Waals surface area contributed by atoms with Crippen LogP contribution < -0.4 is 5.32 Å². The van der Waals surface area contributed by atoms with Crippen molar-refractivity contribution in [1.29, 1.82) is 0 Å². The van der Waals surface area contributed by atoms with Gasteiger partial charge in [0.2, 0.25) is 5.91 Å². The molecule has 0 aliphatic rings. The van der Waals surface area contributed by atoms with Crippen LogP contribution in [0.4, 0.5) is 5.00 Å². The van der Waals surface area contributed by atoms with Gasteiger partial charge in [0.15, 0.2) is 14.5 Å². The van der Waals surface area contributed by atoms with Crippen molar-refractivity contribution in [1.82, 2.24) is 10.2 Å². The summed E-state index contributed by atoms with van der Waals surface area (Å²) in [5.41, 5.74) is 0.766. The summed E-state index contributed by atoms with van der Waals surface area (Å²) >= 11 is 5.40. The minimum atomic E-state index is -0.549. The number of carbonyl (C=O) groups excluding carboxylic acids is 3. The standard InChI is InChI=1S/C16H19N3O4S4/c1-5-23-14(22)11-8(3)12(9(4)20)26-13(11)17-10(21)7-25-16-19-18-15(27-16)24-6-2/h5-7H2,1-4H3,(H,17,21).